The Morgan fingerprint density at radius 3 is 1.78 bits per heavy atom. The molecule has 0 unspecified atom stereocenters. The Kier molecular flexibility index (Phi) is 21.5. The number of aliphatic hydroxyl groups is 1. The van der Waals surface area contributed by atoms with Crippen LogP contribution >= 0.6 is 23.2 Å². The molecule has 0 spiro atoms. The highest BCUT2D eigenvalue weighted by Gasteiger charge is 1.76. The molecule has 0 amide bonds. The summed E-state index contributed by atoms with van der Waals surface area (Å²) in [4.78, 5) is 0. The highest BCUT2D eigenvalue weighted by Crippen LogP contribution is 1.89. The predicted octanol–water partition coefficient (Wildman–Crippen LogP) is 2.59. The molecular weight excluding hydrogens is 159 g/mol. The van der Waals surface area contributed by atoms with Gasteiger partial charge in [0.2, 0.25) is 0 Å². The van der Waals surface area contributed by atoms with Gasteiger partial charge < -0.3 is 5.11 Å². The van der Waals surface area contributed by atoms with Gasteiger partial charge >= 0.3 is 0 Å². The maximum absolute atomic E-state index is 8.20. The van der Waals surface area contributed by atoms with Gasteiger partial charge in [-0.3, -0.25) is 0 Å². The van der Waals surface area contributed by atoms with E-state index in [2.05, 4.69) is 6.92 Å². The van der Waals surface area contributed by atoms with E-state index in [-0.39, 0.29) is 5.34 Å². The summed E-state index contributed by atoms with van der Waals surface area (Å²) in [5, 5.41) is 8.39. The second-order valence-electron chi connectivity index (χ2n) is 1.53. The monoisotopic (exact) mass is 172 g/mol. The fourth-order valence-electron chi connectivity index (χ4n) is 0.362. The van der Waals surface area contributed by atoms with E-state index in [0.29, 0.717) is 6.61 Å². The second kappa shape index (κ2) is 15.8. The quantitative estimate of drug-likeness (QED) is 0.513. The Hall–Kier alpha value is 0.540. The van der Waals surface area contributed by atoms with Crippen LogP contribution in [-0.4, -0.2) is 17.1 Å². The second-order valence-corrected chi connectivity index (χ2v) is 2.34. The van der Waals surface area contributed by atoms with Crippen molar-refractivity contribution < 1.29 is 5.11 Å². The minimum Gasteiger partial charge on any atom is -0.396 e. The molecule has 58 valence electrons. The zero-order valence-corrected chi connectivity index (χ0v) is 7.25. The third-order valence-electron chi connectivity index (χ3n) is 0.762. The van der Waals surface area contributed by atoms with E-state index < -0.39 is 0 Å². The molecule has 0 rings (SSSR count). The van der Waals surface area contributed by atoms with Crippen LogP contribution in [0.5, 0.6) is 0 Å². The van der Waals surface area contributed by atoms with Gasteiger partial charge in [0, 0.05) is 6.61 Å². The third kappa shape index (κ3) is 29.1. The molecule has 0 radical (unpaired) electrons. The minimum absolute atomic E-state index is 0.194. The van der Waals surface area contributed by atoms with Crippen LogP contribution in [0.15, 0.2) is 0 Å². The molecule has 0 bridgehead atoms. The van der Waals surface area contributed by atoms with Gasteiger partial charge in [0.15, 0.2) is 0 Å². The van der Waals surface area contributed by atoms with E-state index in [0.717, 1.165) is 12.8 Å². The van der Waals surface area contributed by atoms with Crippen LogP contribution in [0.2, 0.25) is 0 Å². The SMILES string of the molecule is CCCCCO.ClCCl. The normalized spacial score (nSPS) is 8.00. The molecule has 0 saturated heterocycles. The van der Waals surface area contributed by atoms with Crippen molar-refractivity contribution in [1.29, 1.82) is 0 Å². The highest BCUT2D eigenvalue weighted by molar-refractivity contribution is 6.40. The van der Waals surface area contributed by atoms with Crippen LogP contribution in [0.4, 0.5) is 0 Å². The van der Waals surface area contributed by atoms with E-state index in [4.69, 9.17) is 28.3 Å². The zero-order chi connectivity index (χ0) is 7.54. The summed E-state index contributed by atoms with van der Waals surface area (Å²) in [6, 6.07) is 0. The Bertz CT molecular complexity index is 30.2. The van der Waals surface area contributed by atoms with Crippen LogP contribution in [0.3, 0.4) is 0 Å². The molecule has 0 atom stereocenters. The first kappa shape index (κ1) is 12.2. The van der Waals surface area contributed by atoms with Crippen LogP contribution < -0.4 is 0 Å². The van der Waals surface area contributed by atoms with Gasteiger partial charge in [0.1, 0.15) is 0 Å². The lowest BCUT2D eigenvalue weighted by atomic mass is 10.3. The molecular formula is C6H14Cl2O. The number of unbranched alkanes of at least 4 members (excludes halogenated alkanes) is 2. The number of hydrogen-bond acceptors (Lipinski definition) is 1. The first-order valence-corrected chi connectivity index (χ1v) is 4.13. The standard InChI is InChI=1S/C5H12O.CH2Cl2/c1-2-3-4-5-6;2-1-3/h6H,2-5H2,1H3;1H2. The summed E-state index contributed by atoms with van der Waals surface area (Å²) < 4.78 is 0. The number of alkyl halides is 2. The fraction of sp³-hybridized carbons (Fsp3) is 1.00. The van der Waals surface area contributed by atoms with Gasteiger partial charge in [0.05, 0.1) is 5.34 Å². The molecule has 1 nitrogen and oxygen atoms in total. The Labute approximate surface area is 67.0 Å². The first-order chi connectivity index (χ1) is 4.33. The van der Waals surface area contributed by atoms with Crippen LogP contribution in [-0.2, 0) is 0 Å². The van der Waals surface area contributed by atoms with E-state index >= 15 is 0 Å². The van der Waals surface area contributed by atoms with Crippen LogP contribution in [0.25, 0.3) is 0 Å². The van der Waals surface area contributed by atoms with Crippen molar-refractivity contribution in [2.45, 2.75) is 26.2 Å². The topological polar surface area (TPSA) is 20.2 Å². The third-order valence-corrected chi connectivity index (χ3v) is 0.762. The Morgan fingerprint density at radius 1 is 1.22 bits per heavy atom. The molecule has 0 aliphatic rings. The van der Waals surface area contributed by atoms with E-state index in [9.17, 15) is 0 Å². The average Bonchev–Trinajstić information content (AvgIpc) is 1.86. The number of hydrogen-bond donors (Lipinski definition) is 1. The molecule has 0 saturated carbocycles. The molecule has 1 N–H and O–H groups in total. The number of rotatable bonds is 3. The van der Waals surface area contributed by atoms with Gasteiger partial charge in [-0.15, -0.1) is 23.2 Å². The Morgan fingerprint density at radius 2 is 1.67 bits per heavy atom. The van der Waals surface area contributed by atoms with Gasteiger partial charge in [0.25, 0.3) is 0 Å². The van der Waals surface area contributed by atoms with Gasteiger partial charge in [-0.05, 0) is 6.42 Å². The van der Waals surface area contributed by atoms with Crippen molar-refractivity contribution in [1.82, 2.24) is 0 Å². The van der Waals surface area contributed by atoms with Gasteiger partial charge in [-0.2, -0.15) is 0 Å². The van der Waals surface area contributed by atoms with Gasteiger partial charge in [-0.1, -0.05) is 19.8 Å². The molecule has 0 aliphatic carbocycles. The summed E-state index contributed by atoms with van der Waals surface area (Å²) in [6.45, 7) is 2.48. The van der Waals surface area contributed by atoms with Crippen molar-refractivity contribution >= 4 is 23.2 Å². The van der Waals surface area contributed by atoms with Crippen molar-refractivity contribution in [3.63, 3.8) is 0 Å². The van der Waals surface area contributed by atoms with Crippen LogP contribution in [0.1, 0.15) is 26.2 Å². The zero-order valence-electron chi connectivity index (χ0n) is 5.74. The lowest BCUT2D eigenvalue weighted by Gasteiger charge is -1.85. The molecule has 0 fully saturated rings. The minimum atomic E-state index is 0.194. The molecule has 0 aromatic rings. The predicted molar refractivity (Wildman–Crippen MR) is 43.2 cm³/mol. The largest absolute Gasteiger partial charge is 0.396 e. The van der Waals surface area contributed by atoms with Gasteiger partial charge in [-0.25, -0.2) is 0 Å². The van der Waals surface area contributed by atoms with Crippen molar-refractivity contribution in [3.8, 4) is 0 Å². The average molecular weight is 173 g/mol. The molecule has 0 aromatic carbocycles. The van der Waals surface area contributed by atoms with Crippen molar-refractivity contribution in [2.75, 3.05) is 11.9 Å². The first-order valence-electron chi connectivity index (χ1n) is 3.06. The van der Waals surface area contributed by atoms with E-state index in [1.807, 2.05) is 0 Å². The summed E-state index contributed by atoms with van der Waals surface area (Å²) >= 11 is 9.53. The van der Waals surface area contributed by atoms with E-state index in [1.165, 1.54) is 6.42 Å². The number of aliphatic hydroxyl groups excluding tert-OH is 1. The molecule has 0 heterocycles. The van der Waals surface area contributed by atoms with Crippen LogP contribution in [0, 0.1) is 0 Å². The van der Waals surface area contributed by atoms with E-state index in [1.54, 1.807) is 0 Å². The number of halogens is 2. The smallest absolute Gasteiger partial charge is 0.0967 e. The summed E-state index contributed by atoms with van der Waals surface area (Å²) in [6.07, 6.45) is 3.33. The maximum Gasteiger partial charge on any atom is 0.0967 e. The summed E-state index contributed by atoms with van der Waals surface area (Å²) in [5.74, 6) is 0. The van der Waals surface area contributed by atoms with Crippen molar-refractivity contribution in [3.05, 3.63) is 0 Å². The molecule has 3 heteroatoms. The molecule has 0 aliphatic heterocycles. The molecule has 0 aromatic heterocycles. The molecule has 9 heavy (non-hydrogen) atoms. The summed E-state index contributed by atoms with van der Waals surface area (Å²) in [7, 11) is 0. The van der Waals surface area contributed by atoms with Crippen molar-refractivity contribution in [2.24, 2.45) is 0 Å². The fourth-order valence-corrected chi connectivity index (χ4v) is 0.362. The maximum atomic E-state index is 8.20. The highest BCUT2D eigenvalue weighted by atomic mass is 35.5. The lowest BCUT2D eigenvalue weighted by Crippen LogP contribution is -1.78. The summed E-state index contributed by atoms with van der Waals surface area (Å²) in [5.41, 5.74) is 0. The Balaban J connectivity index is 0. The lowest BCUT2D eigenvalue weighted by molar-refractivity contribution is 0.284.